The first-order valence-corrected chi connectivity index (χ1v) is 10.7. The van der Waals surface area contributed by atoms with E-state index >= 15 is 0 Å². The van der Waals surface area contributed by atoms with Crippen molar-refractivity contribution in [1.29, 1.82) is 0 Å². The largest absolute Gasteiger partial charge is 0.477 e. The minimum Gasteiger partial charge on any atom is -0.477 e. The molecule has 0 spiro atoms. The van der Waals surface area contributed by atoms with Crippen LogP contribution in [-0.4, -0.2) is 32.9 Å². The maximum Gasteiger partial charge on any atom is 0.345 e. The van der Waals surface area contributed by atoms with Crippen molar-refractivity contribution < 1.29 is 19.4 Å². The van der Waals surface area contributed by atoms with Gasteiger partial charge in [-0.1, -0.05) is 0 Å². The third-order valence-electron chi connectivity index (χ3n) is 7.40. The predicted octanol–water partition coefficient (Wildman–Crippen LogP) is 3.21. The Kier molecular flexibility index (Phi) is 3.82. The number of pyridine rings is 1. The van der Waals surface area contributed by atoms with Gasteiger partial charge in [-0.3, -0.25) is 4.79 Å². The van der Waals surface area contributed by atoms with Gasteiger partial charge >= 0.3 is 5.97 Å². The number of H-pyrrole nitrogens is 1. The maximum absolute atomic E-state index is 12.9. The lowest BCUT2D eigenvalue weighted by molar-refractivity contribution is -0.134. The summed E-state index contributed by atoms with van der Waals surface area (Å²) in [6.45, 7) is 0. The van der Waals surface area contributed by atoms with Crippen molar-refractivity contribution in [2.75, 3.05) is 0 Å². The van der Waals surface area contributed by atoms with E-state index in [4.69, 9.17) is 4.74 Å². The zero-order valence-electron chi connectivity index (χ0n) is 16.4. The van der Waals surface area contributed by atoms with E-state index in [0.29, 0.717) is 17.5 Å². The molecule has 0 unspecified atom stereocenters. The number of fused-ring (bicyclic) bond motifs is 1. The fourth-order valence-corrected chi connectivity index (χ4v) is 6.37. The molecule has 0 atom stereocenters. The normalized spacial score (nSPS) is 33.5. The Morgan fingerprint density at radius 1 is 1.20 bits per heavy atom. The van der Waals surface area contributed by atoms with Gasteiger partial charge in [0.1, 0.15) is 5.65 Å². The monoisotopic (exact) mass is 405 g/mol. The number of ketones is 1. The van der Waals surface area contributed by atoms with E-state index in [1.54, 1.807) is 18.5 Å². The summed E-state index contributed by atoms with van der Waals surface area (Å²) in [5, 5.41) is 13.9. The lowest BCUT2D eigenvalue weighted by atomic mass is 9.54. The Balaban J connectivity index is 1.30. The van der Waals surface area contributed by atoms with Gasteiger partial charge in [0.15, 0.2) is 11.3 Å². The standard InChI is InChI=1S/C23H23N3O4/c27-20-17(9-15-10-25-21-16(15)2-1-3-24-21)30-22(18(20)23(28)29)26-19-13-5-11-4-12(7-13)8-14(19)6-11/h1-3,9-14,19,26H,4-8H2,(H,24,25)(H,28,29)/b17-9-. The van der Waals surface area contributed by atoms with Crippen LogP contribution in [0.15, 0.2) is 41.7 Å². The quantitative estimate of drug-likeness (QED) is 0.533. The average Bonchev–Trinajstić information content (AvgIpc) is 3.25. The molecule has 4 saturated carbocycles. The van der Waals surface area contributed by atoms with Crippen molar-refractivity contribution in [2.45, 2.75) is 38.1 Å². The Morgan fingerprint density at radius 2 is 1.93 bits per heavy atom. The van der Waals surface area contributed by atoms with E-state index in [1.807, 2.05) is 12.1 Å². The highest BCUT2D eigenvalue weighted by Crippen LogP contribution is 2.54. The molecule has 7 nitrogen and oxygen atoms in total. The number of rotatable bonds is 4. The molecule has 4 fully saturated rings. The summed E-state index contributed by atoms with van der Waals surface area (Å²) in [6, 6.07) is 3.89. The second-order valence-corrected chi connectivity index (χ2v) is 9.19. The number of carbonyl (C=O) groups excluding carboxylic acids is 1. The van der Waals surface area contributed by atoms with Crippen LogP contribution in [0.2, 0.25) is 0 Å². The second-order valence-electron chi connectivity index (χ2n) is 9.19. The first kappa shape index (κ1) is 17.7. The fourth-order valence-electron chi connectivity index (χ4n) is 6.37. The van der Waals surface area contributed by atoms with E-state index in [2.05, 4.69) is 15.3 Å². The molecule has 4 aliphatic carbocycles. The topological polar surface area (TPSA) is 104 Å². The second kappa shape index (κ2) is 6.45. The Hall–Kier alpha value is -3.09. The number of ether oxygens (including phenoxy) is 1. The molecular weight excluding hydrogens is 382 g/mol. The summed E-state index contributed by atoms with van der Waals surface area (Å²) in [5.41, 5.74) is 1.14. The molecule has 0 aromatic carbocycles. The van der Waals surface area contributed by atoms with Gasteiger partial charge in [0.05, 0.1) is 0 Å². The summed E-state index contributed by atoms with van der Waals surface area (Å²) < 4.78 is 5.84. The van der Waals surface area contributed by atoms with Gasteiger partial charge in [-0.05, 0) is 74.0 Å². The molecule has 3 N–H and O–H groups in total. The lowest BCUT2D eigenvalue weighted by Crippen LogP contribution is -2.54. The molecule has 1 aliphatic heterocycles. The van der Waals surface area contributed by atoms with Crippen LogP contribution < -0.4 is 5.32 Å². The molecule has 154 valence electrons. The minimum absolute atomic E-state index is 0.0310. The lowest BCUT2D eigenvalue weighted by Gasteiger charge is -2.54. The number of nitrogens with one attached hydrogen (secondary N) is 2. The molecule has 7 rings (SSSR count). The molecule has 0 amide bonds. The summed E-state index contributed by atoms with van der Waals surface area (Å²) in [4.78, 5) is 32.1. The van der Waals surface area contributed by atoms with Crippen molar-refractivity contribution in [3.63, 3.8) is 0 Å². The van der Waals surface area contributed by atoms with E-state index in [-0.39, 0.29) is 23.3 Å². The van der Waals surface area contributed by atoms with Gasteiger partial charge in [-0.2, -0.15) is 0 Å². The molecule has 7 heteroatoms. The van der Waals surface area contributed by atoms with Crippen LogP contribution in [0.1, 0.15) is 37.7 Å². The number of carbonyl (C=O) groups is 2. The summed E-state index contributed by atoms with van der Waals surface area (Å²) in [7, 11) is 0. The highest BCUT2D eigenvalue weighted by Gasteiger charge is 2.49. The number of nitrogens with zero attached hydrogens (tertiary/aromatic N) is 1. The van der Waals surface area contributed by atoms with Crippen molar-refractivity contribution in [2.24, 2.45) is 23.7 Å². The number of carboxylic acids is 1. The third-order valence-corrected chi connectivity index (χ3v) is 7.40. The first-order chi connectivity index (χ1) is 14.6. The Bertz CT molecular complexity index is 1100. The summed E-state index contributed by atoms with van der Waals surface area (Å²) >= 11 is 0. The van der Waals surface area contributed by atoms with Crippen molar-refractivity contribution >= 4 is 28.9 Å². The molecule has 5 aliphatic rings. The van der Waals surface area contributed by atoms with Crippen LogP contribution in [0.3, 0.4) is 0 Å². The number of allylic oxidation sites excluding steroid dienone is 1. The molecule has 30 heavy (non-hydrogen) atoms. The van der Waals surface area contributed by atoms with Crippen LogP contribution in [-0.2, 0) is 14.3 Å². The van der Waals surface area contributed by atoms with Crippen LogP contribution in [0.25, 0.3) is 17.1 Å². The third kappa shape index (κ3) is 2.68. The minimum atomic E-state index is -1.25. The molecule has 0 saturated heterocycles. The highest BCUT2D eigenvalue weighted by atomic mass is 16.5. The van der Waals surface area contributed by atoms with Gasteiger partial charge < -0.3 is 20.1 Å². The van der Waals surface area contributed by atoms with Crippen molar-refractivity contribution in [1.82, 2.24) is 15.3 Å². The number of aromatic nitrogens is 2. The first-order valence-electron chi connectivity index (χ1n) is 10.7. The number of hydrogen-bond acceptors (Lipinski definition) is 5. The number of aromatic amines is 1. The van der Waals surface area contributed by atoms with Gasteiger partial charge in [-0.25, -0.2) is 9.78 Å². The summed E-state index contributed by atoms with van der Waals surface area (Å²) in [6.07, 6.45) is 11.1. The fraction of sp³-hybridized carbons (Fsp3) is 0.435. The molecular formula is C23H23N3O4. The molecule has 2 aromatic heterocycles. The van der Waals surface area contributed by atoms with E-state index < -0.39 is 11.8 Å². The smallest absolute Gasteiger partial charge is 0.345 e. The maximum atomic E-state index is 12.9. The van der Waals surface area contributed by atoms with Crippen molar-refractivity contribution in [3.8, 4) is 0 Å². The number of Topliss-reactive ketones (excluding diaryl/α,β-unsaturated/α-hetero) is 1. The SMILES string of the molecule is O=C(O)C1=C(NC2C3CC4CC(C3)CC2C4)O/C(=C\c2c[nH]c3ncccc23)C1=O. The Labute approximate surface area is 173 Å². The molecule has 4 bridgehead atoms. The molecule has 2 aromatic rings. The van der Waals surface area contributed by atoms with E-state index in [9.17, 15) is 14.7 Å². The number of hydrogen-bond donors (Lipinski definition) is 3. The Morgan fingerprint density at radius 3 is 2.63 bits per heavy atom. The molecule has 3 heterocycles. The van der Waals surface area contributed by atoms with Gasteiger partial charge in [-0.15, -0.1) is 0 Å². The summed E-state index contributed by atoms with van der Waals surface area (Å²) in [5.74, 6) is 0.997. The van der Waals surface area contributed by atoms with Crippen molar-refractivity contribution in [3.05, 3.63) is 47.3 Å². The van der Waals surface area contributed by atoms with E-state index in [1.165, 1.54) is 32.1 Å². The van der Waals surface area contributed by atoms with Gasteiger partial charge in [0, 0.05) is 29.4 Å². The average molecular weight is 405 g/mol. The number of aliphatic carboxylic acids is 1. The van der Waals surface area contributed by atoms with Gasteiger partial charge in [0.2, 0.25) is 11.7 Å². The van der Waals surface area contributed by atoms with E-state index in [0.717, 1.165) is 22.8 Å². The van der Waals surface area contributed by atoms with Crippen LogP contribution in [0, 0.1) is 23.7 Å². The van der Waals surface area contributed by atoms with Crippen LogP contribution >= 0.6 is 0 Å². The van der Waals surface area contributed by atoms with Crippen LogP contribution in [0.4, 0.5) is 0 Å². The molecule has 0 radical (unpaired) electrons. The number of carboxylic acid groups (broad SMARTS) is 1. The van der Waals surface area contributed by atoms with Crippen LogP contribution in [0.5, 0.6) is 0 Å². The van der Waals surface area contributed by atoms with Gasteiger partial charge in [0.25, 0.3) is 0 Å². The zero-order valence-corrected chi connectivity index (χ0v) is 16.4. The zero-order chi connectivity index (χ0) is 20.4. The predicted molar refractivity (Wildman–Crippen MR) is 109 cm³/mol. The highest BCUT2D eigenvalue weighted by molar-refractivity contribution is 6.26.